The molecule has 6 nitrogen and oxygen atoms in total. The minimum atomic E-state index is -0.496. The lowest BCUT2D eigenvalue weighted by Gasteiger charge is -2.06. The Kier molecular flexibility index (Phi) is 3.64. The van der Waals surface area contributed by atoms with Crippen molar-refractivity contribution in [2.24, 2.45) is 0 Å². The molecule has 22 heavy (non-hydrogen) atoms. The molecule has 1 N–H and O–H groups in total. The molecule has 2 aromatic heterocycles. The standard InChI is InChI=1S/C15H13N3O3S/c1-9-8-18-14(20)12(7-16-15(18)22-9)13(19)17-10-4-3-5-11(6-10)21-2/h3-8H,1-2H3,(H,17,19). The van der Waals surface area contributed by atoms with E-state index >= 15 is 0 Å². The maximum absolute atomic E-state index is 12.3. The molecular formula is C15H13N3O3S. The summed E-state index contributed by atoms with van der Waals surface area (Å²) in [5, 5.41) is 2.68. The number of aryl methyl sites for hydroxylation is 1. The fraction of sp³-hybridized carbons (Fsp3) is 0.133. The molecule has 0 saturated carbocycles. The van der Waals surface area contributed by atoms with Gasteiger partial charge < -0.3 is 10.1 Å². The molecule has 112 valence electrons. The average molecular weight is 315 g/mol. The number of hydrogen-bond donors (Lipinski definition) is 1. The molecule has 0 fully saturated rings. The van der Waals surface area contributed by atoms with Crippen LogP contribution in [0.5, 0.6) is 5.75 Å². The minimum absolute atomic E-state index is 0.00174. The fourth-order valence-corrected chi connectivity index (χ4v) is 2.84. The highest BCUT2D eigenvalue weighted by Gasteiger charge is 2.14. The normalized spacial score (nSPS) is 10.6. The fourth-order valence-electron chi connectivity index (χ4n) is 2.05. The first-order valence-electron chi connectivity index (χ1n) is 6.51. The molecule has 0 aliphatic heterocycles. The summed E-state index contributed by atoms with van der Waals surface area (Å²) in [5.41, 5.74) is 0.170. The van der Waals surface area contributed by atoms with Crippen LogP contribution >= 0.6 is 11.3 Å². The number of hydrogen-bond acceptors (Lipinski definition) is 5. The molecule has 3 aromatic rings. The summed E-state index contributed by atoms with van der Waals surface area (Å²) < 4.78 is 6.49. The van der Waals surface area contributed by atoms with E-state index in [9.17, 15) is 9.59 Å². The van der Waals surface area contributed by atoms with Gasteiger partial charge in [0.2, 0.25) is 0 Å². The summed E-state index contributed by atoms with van der Waals surface area (Å²) in [4.78, 5) is 30.3. The van der Waals surface area contributed by atoms with Gasteiger partial charge in [-0.3, -0.25) is 14.0 Å². The molecule has 0 saturated heterocycles. The second-order valence-corrected chi connectivity index (χ2v) is 5.87. The van der Waals surface area contributed by atoms with Crippen LogP contribution in [0.1, 0.15) is 15.2 Å². The molecule has 3 rings (SSSR count). The van der Waals surface area contributed by atoms with Crippen molar-refractivity contribution in [3.8, 4) is 5.75 Å². The van der Waals surface area contributed by atoms with Gasteiger partial charge in [-0.2, -0.15) is 0 Å². The number of ether oxygens (including phenoxy) is 1. The van der Waals surface area contributed by atoms with Crippen LogP contribution in [0.25, 0.3) is 4.96 Å². The maximum atomic E-state index is 12.3. The van der Waals surface area contributed by atoms with Crippen LogP contribution in [0.15, 0.2) is 41.5 Å². The van der Waals surface area contributed by atoms with E-state index in [0.717, 1.165) is 4.88 Å². The van der Waals surface area contributed by atoms with Gasteiger partial charge in [0.15, 0.2) is 4.96 Å². The lowest BCUT2D eigenvalue weighted by molar-refractivity contribution is 0.102. The van der Waals surface area contributed by atoms with Crippen molar-refractivity contribution in [1.29, 1.82) is 0 Å². The molecule has 0 aliphatic rings. The van der Waals surface area contributed by atoms with Crippen LogP contribution in [0.2, 0.25) is 0 Å². The molecular weight excluding hydrogens is 302 g/mol. The first-order valence-corrected chi connectivity index (χ1v) is 7.33. The third kappa shape index (κ3) is 2.58. The monoisotopic (exact) mass is 315 g/mol. The number of nitrogens with zero attached hydrogens (tertiary/aromatic N) is 2. The van der Waals surface area contributed by atoms with Crippen molar-refractivity contribution in [3.63, 3.8) is 0 Å². The van der Waals surface area contributed by atoms with Gasteiger partial charge in [0, 0.05) is 29.0 Å². The zero-order valence-electron chi connectivity index (χ0n) is 12.0. The molecule has 1 amide bonds. The van der Waals surface area contributed by atoms with Gasteiger partial charge in [-0.25, -0.2) is 4.98 Å². The number of fused-ring (bicyclic) bond motifs is 1. The zero-order chi connectivity index (χ0) is 15.7. The summed E-state index contributed by atoms with van der Waals surface area (Å²) in [7, 11) is 1.55. The van der Waals surface area contributed by atoms with Crippen LogP contribution < -0.4 is 15.6 Å². The van der Waals surface area contributed by atoms with E-state index in [-0.39, 0.29) is 11.1 Å². The third-order valence-electron chi connectivity index (χ3n) is 3.09. The molecule has 7 heteroatoms. The van der Waals surface area contributed by atoms with E-state index in [2.05, 4.69) is 10.3 Å². The van der Waals surface area contributed by atoms with Crippen LogP contribution in [-0.4, -0.2) is 22.4 Å². The number of methoxy groups -OCH3 is 1. The van der Waals surface area contributed by atoms with Gasteiger partial charge in [0.25, 0.3) is 11.5 Å². The lowest BCUT2D eigenvalue weighted by Crippen LogP contribution is -2.25. The molecule has 0 atom stereocenters. The Balaban J connectivity index is 1.95. The molecule has 0 aliphatic carbocycles. The van der Waals surface area contributed by atoms with Crippen LogP contribution in [-0.2, 0) is 0 Å². The number of carbonyl (C=O) groups excluding carboxylic acids is 1. The lowest BCUT2D eigenvalue weighted by atomic mass is 10.2. The topological polar surface area (TPSA) is 72.7 Å². The predicted molar refractivity (Wildman–Crippen MR) is 85.0 cm³/mol. The molecule has 0 radical (unpaired) electrons. The van der Waals surface area contributed by atoms with E-state index in [0.29, 0.717) is 16.4 Å². The van der Waals surface area contributed by atoms with Gasteiger partial charge >= 0.3 is 0 Å². The molecule has 0 bridgehead atoms. The number of thiazole rings is 1. The van der Waals surface area contributed by atoms with Crippen molar-refractivity contribution in [2.75, 3.05) is 12.4 Å². The Hall–Kier alpha value is -2.67. The number of aromatic nitrogens is 2. The highest BCUT2D eigenvalue weighted by molar-refractivity contribution is 7.16. The second kappa shape index (κ2) is 5.61. The van der Waals surface area contributed by atoms with E-state index in [1.807, 2.05) is 6.92 Å². The second-order valence-electron chi connectivity index (χ2n) is 4.66. The summed E-state index contributed by atoms with van der Waals surface area (Å²) in [6, 6.07) is 6.92. The van der Waals surface area contributed by atoms with Crippen molar-refractivity contribution in [1.82, 2.24) is 9.38 Å². The molecule has 2 heterocycles. The maximum Gasteiger partial charge on any atom is 0.271 e. The Labute approximate surface area is 130 Å². The minimum Gasteiger partial charge on any atom is -0.497 e. The first kappa shape index (κ1) is 14.3. The van der Waals surface area contributed by atoms with Gasteiger partial charge in [-0.15, -0.1) is 11.3 Å². The predicted octanol–water partition coefficient (Wildman–Crippen LogP) is 2.33. The highest BCUT2D eigenvalue weighted by atomic mass is 32.1. The van der Waals surface area contributed by atoms with Crippen molar-refractivity contribution >= 4 is 27.9 Å². The SMILES string of the molecule is COc1cccc(NC(=O)c2cnc3sc(C)cn3c2=O)c1. The average Bonchev–Trinajstić information content (AvgIpc) is 2.89. The molecule has 1 aromatic carbocycles. The Morgan fingerprint density at radius 1 is 1.41 bits per heavy atom. The van der Waals surface area contributed by atoms with E-state index < -0.39 is 5.91 Å². The Bertz CT molecular complexity index is 914. The van der Waals surface area contributed by atoms with Gasteiger partial charge in [0.05, 0.1) is 7.11 Å². The summed E-state index contributed by atoms with van der Waals surface area (Å²) in [6.45, 7) is 1.88. The largest absolute Gasteiger partial charge is 0.497 e. The van der Waals surface area contributed by atoms with Gasteiger partial charge in [-0.05, 0) is 19.1 Å². The first-order chi connectivity index (χ1) is 10.6. The summed E-state index contributed by atoms with van der Waals surface area (Å²) in [5.74, 6) is 0.126. The highest BCUT2D eigenvalue weighted by Crippen LogP contribution is 2.17. The Morgan fingerprint density at radius 3 is 3.00 bits per heavy atom. The third-order valence-corrected chi connectivity index (χ3v) is 4.01. The van der Waals surface area contributed by atoms with E-state index in [4.69, 9.17) is 4.74 Å². The Morgan fingerprint density at radius 2 is 2.23 bits per heavy atom. The van der Waals surface area contributed by atoms with Gasteiger partial charge in [-0.1, -0.05) is 6.07 Å². The van der Waals surface area contributed by atoms with Crippen molar-refractivity contribution in [2.45, 2.75) is 6.92 Å². The van der Waals surface area contributed by atoms with Gasteiger partial charge in [0.1, 0.15) is 11.3 Å². The number of amides is 1. The number of rotatable bonds is 3. The summed E-state index contributed by atoms with van der Waals surface area (Å²) in [6.07, 6.45) is 2.99. The van der Waals surface area contributed by atoms with E-state index in [1.165, 1.54) is 21.9 Å². The molecule has 0 unspecified atom stereocenters. The van der Waals surface area contributed by atoms with Crippen LogP contribution in [0, 0.1) is 6.92 Å². The van der Waals surface area contributed by atoms with Crippen LogP contribution in [0.3, 0.4) is 0 Å². The van der Waals surface area contributed by atoms with E-state index in [1.54, 1.807) is 37.6 Å². The smallest absolute Gasteiger partial charge is 0.271 e. The number of nitrogens with one attached hydrogen (secondary N) is 1. The number of carbonyl (C=O) groups is 1. The molecule has 0 spiro atoms. The number of benzene rings is 1. The zero-order valence-corrected chi connectivity index (χ0v) is 12.8. The van der Waals surface area contributed by atoms with Crippen LogP contribution in [0.4, 0.5) is 5.69 Å². The van der Waals surface area contributed by atoms with Crippen molar-refractivity contribution in [3.05, 3.63) is 57.5 Å². The van der Waals surface area contributed by atoms with Crippen molar-refractivity contribution < 1.29 is 9.53 Å². The quantitative estimate of drug-likeness (QED) is 0.805. The summed E-state index contributed by atoms with van der Waals surface area (Å²) >= 11 is 1.40. The number of anilines is 1.